The van der Waals surface area contributed by atoms with E-state index in [1.54, 1.807) is 18.2 Å². The Kier molecular flexibility index (Phi) is 6.39. The molecule has 0 saturated heterocycles. The van der Waals surface area contributed by atoms with Gasteiger partial charge in [-0.3, -0.25) is 0 Å². The predicted octanol–water partition coefficient (Wildman–Crippen LogP) is 4.69. The quantitative estimate of drug-likeness (QED) is 0.556. The van der Waals surface area contributed by atoms with Gasteiger partial charge in [-0.1, -0.05) is 41.9 Å². The molecule has 1 unspecified atom stereocenters. The molecule has 0 spiro atoms. The number of hydrogen-bond acceptors (Lipinski definition) is 4. The van der Waals surface area contributed by atoms with Crippen molar-refractivity contribution in [1.29, 1.82) is 0 Å². The third-order valence-corrected chi connectivity index (χ3v) is 4.46. The zero-order valence-electron chi connectivity index (χ0n) is 15.1. The van der Waals surface area contributed by atoms with Crippen molar-refractivity contribution in [3.05, 3.63) is 70.9 Å². The number of fused-ring (bicyclic) bond motifs is 1. The smallest absolute Gasteiger partial charge is 0.406 e. The second-order valence-corrected chi connectivity index (χ2v) is 6.56. The van der Waals surface area contributed by atoms with Crippen molar-refractivity contribution in [2.75, 3.05) is 20.1 Å². The van der Waals surface area contributed by atoms with Crippen molar-refractivity contribution in [1.82, 2.24) is 15.6 Å². The Morgan fingerprint density at radius 3 is 2.46 bits per heavy atom. The molecule has 0 saturated carbocycles. The van der Waals surface area contributed by atoms with Gasteiger partial charge in [0.15, 0.2) is 0 Å². The number of pyridine rings is 1. The van der Waals surface area contributed by atoms with Crippen LogP contribution >= 0.6 is 11.6 Å². The van der Waals surface area contributed by atoms with Crippen LogP contribution in [-0.2, 0) is 0 Å². The monoisotopic (exact) mass is 409 g/mol. The van der Waals surface area contributed by atoms with Gasteiger partial charge in [-0.15, -0.1) is 13.2 Å². The first-order valence-electron chi connectivity index (χ1n) is 8.66. The molecule has 0 amide bonds. The van der Waals surface area contributed by atoms with E-state index in [4.69, 9.17) is 11.6 Å². The number of nitrogens with one attached hydrogen (secondary N) is 2. The molecule has 0 bridgehead atoms. The number of likely N-dealkylation sites (N-methyl/N-ethyl adjacent to an activating group) is 1. The van der Waals surface area contributed by atoms with Crippen molar-refractivity contribution < 1.29 is 17.9 Å². The molecule has 1 heterocycles. The Hall–Kier alpha value is -2.35. The van der Waals surface area contributed by atoms with E-state index < -0.39 is 6.36 Å². The first-order valence-corrected chi connectivity index (χ1v) is 9.04. The van der Waals surface area contributed by atoms with Gasteiger partial charge < -0.3 is 15.4 Å². The van der Waals surface area contributed by atoms with E-state index >= 15 is 0 Å². The number of para-hydroxylation sites is 1. The Morgan fingerprint density at radius 1 is 1.04 bits per heavy atom. The summed E-state index contributed by atoms with van der Waals surface area (Å²) in [5.41, 5.74) is 2.17. The maximum atomic E-state index is 12.4. The van der Waals surface area contributed by atoms with E-state index in [2.05, 4.69) is 20.4 Å². The minimum atomic E-state index is -4.72. The van der Waals surface area contributed by atoms with E-state index in [1.165, 1.54) is 12.1 Å². The number of ether oxygens (including phenoxy) is 1. The summed E-state index contributed by atoms with van der Waals surface area (Å²) in [4.78, 5) is 4.69. The normalized spacial score (nSPS) is 12.9. The minimum absolute atomic E-state index is 0.264. The van der Waals surface area contributed by atoms with Gasteiger partial charge in [0.05, 0.1) is 22.3 Å². The zero-order valence-corrected chi connectivity index (χ0v) is 15.8. The first kappa shape index (κ1) is 20.4. The molecule has 0 radical (unpaired) electrons. The number of nitrogens with zero attached hydrogens (tertiary/aromatic N) is 1. The lowest BCUT2D eigenvalue weighted by Crippen LogP contribution is -2.30. The summed E-state index contributed by atoms with van der Waals surface area (Å²) in [5.74, 6) is -0.264. The summed E-state index contributed by atoms with van der Waals surface area (Å²) >= 11 is 6.27. The molecule has 28 heavy (non-hydrogen) atoms. The molecular weight excluding hydrogens is 391 g/mol. The Labute approximate surface area is 165 Å². The molecule has 3 rings (SSSR count). The van der Waals surface area contributed by atoms with Gasteiger partial charge in [-0.05, 0) is 36.9 Å². The molecule has 8 heteroatoms. The average molecular weight is 410 g/mol. The molecule has 2 N–H and O–H groups in total. The molecule has 3 aromatic rings. The number of alkyl halides is 3. The van der Waals surface area contributed by atoms with Crippen LogP contribution in [-0.4, -0.2) is 31.5 Å². The fourth-order valence-corrected chi connectivity index (χ4v) is 3.11. The largest absolute Gasteiger partial charge is 0.573 e. The van der Waals surface area contributed by atoms with Gasteiger partial charge in [0.1, 0.15) is 5.75 Å². The lowest BCUT2D eigenvalue weighted by atomic mass is 10.0. The highest BCUT2D eigenvalue weighted by atomic mass is 35.5. The van der Waals surface area contributed by atoms with Crippen LogP contribution in [0.3, 0.4) is 0 Å². The summed E-state index contributed by atoms with van der Waals surface area (Å²) in [6, 6.07) is 14.8. The number of benzene rings is 2. The van der Waals surface area contributed by atoms with Gasteiger partial charge in [0, 0.05) is 18.5 Å². The summed E-state index contributed by atoms with van der Waals surface area (Å²) in [7, 11) is 1.84. The van der Waals surface area contributed by atoms with Crippen LogP contribution in [0.25, 0.3) is 10.9 Å². The first-order chi connectivity index (χ1) is 13.4. The molecule has 1 atom stereocenters. The van der Waals surface area contributed by atoms with Crippen molar-refractivity contribution in [3.63, 3.8) is 0 Å². The predicted molar refractivity (Wildman–Crippen MR) is 104 cm³/mol. The van der Waals surface area contributed by atoms with Crippen LogP contribution in [0.15, 0.2) is 54.6 Å². The molecule has 148 valence electrons. The highest BCUT2D eigenvalue weighted by molar-refractivity contribution is 6.35. The molecule has 2 aromatic carbocycles. The van der Waals surface area contributed by atoms with Gasteiger partial charge in [0.2, 0.25) is 0 Å². The molecule has 0 fully saturated rings. The second-order valence-electron chi connectivity index (χ2n) is 6.16. The molecule has 1 aromatic heterocycles. The standard InChI is InChI=1S/C20H19ClF3N3O/c1-25-11-12-26-19(14-5-8-15(9-6-14)28-20(22,23)24)17-10-7-13-3-2-4-16(21)18(13)27-17/h2-10,19,25-26H,11-12H2,1H3. The maximum Gasteiger partial charge on any atom is 0.573 e. The molecule has 0 aliphatic heterocycles. The topological polar surface area (TPSA) is 46.2 Å². The lowest BCUT2D eigenvalue weighted by molar-refractivity contribution is -0.274. The zero-order chi connectivity index (χ0) is 20.1. The van der Waals surface area contributed by atoms with Crippen molar-refractivity contribution in [2.24, 2.45) is 0 Å². The second kappa shape index (κ2) is 8.77. The number of aromatic nitrogens is 1. The molecule has 0 aliphatic carbocycles. The van der Waals surface area contributed by atoms with Crippen LogP contribution < -0.4 is 15.4 Å². The number of hydrogen-bond donors (Lipinski definition) is 2. The summed E-state index contributed by atoms with van der Waals surface area (Å²) in [6.07, 6.45) is -4.72. The van der Waals surface area contributed by atoms with E-state index in [0.717, 1.165) is 23.2 Å². The van der Waals surface area contributed by atoms with Crippen molar-refractivity contribution in [2.45, 2.75) is 12.4 Å². The minimum Gasteiger partial charge on any atom is -0.406 e. The molecule has 4 nitrogen and oxygen atoms in total. The van der Waals surface area contributed by atoms with Crippen LogP contribution in [0.4, 0.5) is 13.2 Å². The van der Waals surface area contributed by atoms with E-state index in [0.29, 0.717) is 17.1 Å². The van der Waals surface area contributed by atoms with Crippen LogP contribution in [0, 0.1) is 0 Å². The third kappa shape index (κ3) is 5.13. The third-order valence-electron chi connectivity index (χ3n) is 4.16. The van der Waals surface area contributed by atoms with Gasteiger partial charge in [-0.25, -0.2) is 4.98 Å². The SMILES string of the molecule is CNCCNC(c1ccc(OC(F)(F)F)cc1)c1ccc2cccc(Cl)c2n1. The van der Waals surface area contributed by atoms with Crippen LogP contribution in [0.2, 0.25) is 5.02 Å². The Bertz CT molecular complexity index is 932. The van der Waals surface area contributed by atoms with Crippen LogP contribution in [0.5, 0.6) is 5.75 Å². The Morgan fingerprint density at radius 2 is 1.79 bits per heavy atom. The van der Waals surface area contributed by atoms with Crippen LogP contribution in [0.1, 0.15) is 17.3 Å². The number of rotatable bonds is 7. The van der Waals surface area contributed by atoms with Gasteiger partial charge in [0.25, 0.3) is 0 Å². The van der Waals surface area contributed by atoms with E-state index in [-0.39, 0.29) is 11.8 Å². The van der Waals surface area contributed by atoms with E-state index in [1.807, 2.05) is 31.3 Å². The Balaban J connectivity index is 1.94. The average Bonchev–Trinajstić information content (AvgIpc) is 2.65. The van der Waals surface area contributed by atoms with E-state index in [9.17, 15) is 13.2 Å². The number of halogens is 4. The molecule has 0 aliphatic rings. The van der Waals surface area contributed by atoms with Gasteiger partial charge in [-0.2, -0.15) is 0 Å². The molecular formula is C20H19ClF3N3O. The van der Waals surface area contributed by atoms with Gasteiger partial charge >= 0.3 is 6.36 Å². The fraction of sp³-hybridized carbons (Fsp3) is 0.250. The highest BCUT2D eigenvalue weighted by Gasteiger charge is 2.31. The lowest BCUT2D eigenvalue weighted by Gasteiger charge is -2.20. The summed E-state index contributed by atoms with van der Waals surface area (Å²) < 4.78 is 41.1. The fourth-order valence-electron chi connectivity index (χ4n) is 2.88. The maximum absolute atomic E-state index is 12.4. The summed E-state index contributed by atoms with van der Waals surface area (Å²) in [6.45, 7) is 1.37. The van der Waals surface area contributed by atoms with Crippen molar-refractivity contribution in [3.8, 4) is 5.75 Å². The van der Waals surface area contributed by atoms with Crippen molar-refractivity contribution >= 4 is 22.5 Å². The summed E-state index contributed by atoms with van der Waals surface area (Å²) in [5, 5.41) is 7.88. The highest BCUT2D eigenvalue weighted by Crippen LogP contribution is 2.29.